The third-order valence-electron chi connectivity index (χ3n) is 7.81. The number of nitrogens with zero attached hydrogens (tertiary/aromatic N) is 1. The minimum atomic E-state index is -2.44. The van der Waals surface area contributed by atoms with Crippen molar-refractivity contribution in [3.8, 4) is 0 Å². The summed E-state index contributed by atoms with van der Waals surface area (Å²) in [5.74, 6) is -0.594. The maximum Gasteiger partial charge on any atom is 0.330 e. The molecule has 0 spiro atoms. The van der Waals surface area contributed by atoms with Gasteiger partial charge in [-0.25, -0.2) is 4.79 Å². The molecule has 206 valence electrons. The van der Waals surface area contributed by atoms with Crippen molar-refractivity contribution in [1.82, 2.24) is 9.55 Å². The van der Waals surface area contributed by atoms with E-state index in [-0.39, 0.29) is 16.5 Å². The predicted octanol–water partition coefficient (Wildman–Crippen LogP) is 3.14. The number of hydrogen-bond donors (Lipinski definition) is 2. The summed E-state index contributed by atoms with van der Waals surface area (Å²) in [5, 5.41) is 10.8. The molecule has 0 aliphatic carbocycles. The smallest absolute Gasteiger partial charge is 0.330 e. The van der Waals surface area contributed by atoms with Crippen LogP contribution in [-0.2, 0) is 23.1 Å². The Morgan fingerprint density at radius 2 is 1.56 bits per heavy atom. The SMILES string of the molecule is COC(=O)C[C@@H](O)[C@H]1O[C@@H](n2ccc(=O)[nH]c2=O)[C@H](O[Si](C)(C)C(C)(C)C)[C@@H]1O[Si](C)(C)C(C)(C)C. The zero-order chi connectivity index (χ0) is 27.9. The monoisotopic (exact) mass is 544 g/mol. The molecule has 1 saturated heterocycles. The van der Waals surface area contributed by atoms with Crippen LogP contribution in [0.5, 0.6) is 0 Å². The lowest BCUT2D eigenvalue weighted by Gasteiger charge is -2.44. The highest BCUT2D eigenvalue weighted by molar-refractivity contribution is 6.74. The molecule has 2 heterocycles. The number of ether oxygens (including phenoxy) is 2. The summed E-state index contributed by atoms with van der Waals surface area (Å²) in [6.07, 6.45) is -3.73. The minimum absolute atomic E-state index is 0.167. The van der Waals surface area contributed by atoms with E-state index in [4.69, 9.17) is 18.3 Å². The molecule has 12 heteroatoms. The van der Waals surface area contributed by atoms with Gasteiger partial charge in [-0.1, -0.05) is 41.5 Å². The Morgan fingerprint density at radius 1 is 1.06 bits per heavy atom. The summed E-state index contributed by atoms with van der Waals surface area (Å²) >= 11 is 0. The number of carbonyl (C=O) groups excluding carboxylic acids is 1. The number of rotatable bonds is 8. The first-order chi connectivity index (χ1) is 16.2. The van der Waals surface area contributed by atoms with Crippen LogP contribution in [0.15, 0.2) is 21.9 Å². The first-order valence-corrected chi connectivity index (χ1v) is 18.1. The van der Waals surface area contributed by atoms with Crippen LogP contribution in [-0.4, -0.2) is 68.8 Å². The van der Waals surface area contributed by atoms with Crippen LogP contribution in [0.4, 0.5) is 0 Å². The number of esters is 1. The Kier molecular flexibility index (Phi) is 9.07. The molecule has 0 unspecified atom stereocenters. The summed E-state index contributed by atoms with van der Waals surface area (Å²) in [5.41, 5.74) is -1.20. The van der Waals surface area contributed by atoms with E-state index in [1.807, 2.05) is 0 Å². The highest BCUT2D eigenvalue weighted by atomic mass is 28.4. The highest BCUT2D eigenvalue weighted by Gasteiger charge is 2.56. The van der Waals surface area contributed by atoms with Gasteiger partial charge in [0.25, 0.3) is 5.56 Å². The van der Waals surface area contributed by atoms with E-state index in [1.54, 1.807) is 0 Å². The zero-order valence-corrected chi connectivity index (χ0v) is 25.5. The fraction of sp³-hybridized carbons (Fsp3) is 0.792. The topological polar surface area (TPSA) is 129 Å². The number of aromatic nitrogens is 2. The van der Waals surface area contributed by atoms with E-state index in [9.17, 15) is 19.5 Å². The van der Waals surface area contributed by atoms with Gasteiger partial charge in [0.05, 0.1) is 19.6 Å². The predicted molar refractivity (Wildman–Crippen MR) is 142 cm³/mol. The number of H-pyrrole nitrogens is 1. The second-order valence-electron chi connectivity index (χ2n) is 12.5. The highest BCUT2D eigenvalue weighted by Crippen LogP contribution is 2.46. The Labute approximate surface area is 215 Å². The molecule has 1 aliphatic rings. The molecule has 0 saturated carbocycles. The van der Waals surface area contributed by atoms with Crippen LogP contribution >= 0.6 is 0 Å². The van der Waals surface area contributed by atoms with Gasteiger partial charge in [0.1, 0.15) is 18.3 Å². The zero-order valence-electron chi connectivity index (χ0n) is 23.5. The van der Waals surface area contributed by atoms with Gasteiger partial charge >= 0.3 is 11.7 Å². The molecule has 0 bridgehead atoms. The van der Waals surface area contributed by atoms with Crippen LogP contribution in [0.1, 0.15) is 54.2 Å². The molecule has 0 radical (unpaired) electrons. The molecular formula is C24H44N2O8Si2. The maximum atomic E-state index is 12.8. The number of methoxy groups -OCH3 is 1. The number of nitrogens with one attached hydrogen (secondary N) is 1. The van der Waals surface area contributed by atoms with Crippen LogP contribution in [0.25, 0.3) is 0 Å². The maximum absolute atomic E-state index is 12.8. The molecule has 1 aromatic heterocycles. The molecule has 1 aromatic rings. The van der Waals surface area contributed by atoms with Crippen molar-refractivity contribution < 1.29 is 28.2 Å². The first kappa shape index (κ1) is 30.6. The Hall–Kier alpha value is -1.58. The molecular weight excluding hydrogens is 500 g/mol. The minimum Gasteiger partial charge on any atom is -0.469 e. The fourth-order valence-corrected chi connectivity index (χ4v) is 6.08. The number of hydrogen-bond acceptors (Lipinski definition) is 8. The van der Waals surface area contributed by atoms with Crippen molar-refractivity contribution in [2.45, 2.75) is 115 Å². The van der Waals surface area contributed by atoms with E-state index in [0.717, 1.165) is 0 Å². The van der Waals surface area contributed by atoms with Gasteiger partial charge in [-0.15, -0.1) is 0 Å². The fourth-order valence-electron chi connectivity index (χ4n) is 3.49. The van der Waals surface area contributed by atoms with E-state index in [1.165, 1.54) is 23.9 Å². The van der Waals surface area contributed by atoms with Gasteiger partial charge in [0, 0.05) is 12.3 Å². The van der Waals surface area contributed by atoms with Crippen molar-refractivity contribution in [1.29, 1.82) is 0 Å². The molecule has 10 nitrogen and oxygen atoms in total. The Bertz CT molecular complexity index is 1040. The Morgan fingerprint density at radius 3 is 2.00 bits per heavy atom. The van der Waals surface area contributed by atoms with Crippen molar-refractivity contribution in [2.24, 2.45) is 0 Å². The van der Waals surface area contributed by atoms with Crippen molar-refractivity contribution in [3.63, 3.8) is 0 Å². The van der Waals surface area contributed by atoms with E-state index < -0.39 is 64.5 Å². The lowest BCUT2D eigenvalue weighted by atomic mass is 10.0. The van der Waals surface area contributed by atoms with Gasteiger partial charge in [0.15, 0.2) is 22.9 Å². The molecule has 2 N–H and O–H groups in total. The largest absolute Gasteiger partial charge is 0.469 e. The normalized spacial score (nSPS) is 24.6. The summed E-state index contributed by atoms with van der Waals surface area (Å²) < 4.78 is 26.0. The lowest BCUT2D eigenvalue weighted by molar-refractivity contribution is -0.147. The van der Waals surface area contributed by atoms with Crippen molar-refractivity contribution in [2.75, 3.05) is 7.11 Å². The van der Waals surface area contributed by atoms with Gasteiger partial charge in [-0.3, -0.25) is 19.1 Å². The van der Waals surface area contributed by atoms with Crippen molar-refractivity contribution >= 4 is 22.6 Å². The van der Waals surface area contributed by atoms with E-state index >= 15 is 0 Å². The third-order valence-corrected chi connectivity index (χ3v) is 16.8. The molecule has 1 aliphatic heterocycles. The first-order valence-electron chi connectivity index (χ1n) is 12.3. The summed E-state index contributed by atoms with van der Waals surface area (Å²) in [7, 11) is -3.63. The average Bonchev–Trinajstić information content (AvgIpc) is 3.03. The van der Waals surface area contributed by atoms with Gasteiger partial charge in [0.2, 0.25) is 0 Å². The van der Waals surface area contributed by atoms with Crippen LogP contribution < -0.4 is 11.2 Å². The molecule has 0 amide bonds. The van der Waals surface area contributed by atoms with Gasteiger partial charge in [-0.05, 0) is 36.3 Å². The van der Waals surface area contributed by atoms with Gasteiger partial charge in [-0.2, -0.15) is 0 Å². The second kappa shape index (κ2) is 10.7. The third kappa shape index (κ3) is 6.64. The Balaban J connectivity index is 2.68. The standard InChI is InChI=1S/C24H44N2O8Si2/c1-23(2,3)35(8,9)33-19-18(15(27)14-17(29)31-7)32-21(26-13-12-16(28)25-22(26)30)20(19)34-36(10,11)24(4,5)6/h12-13,15,18-21,27H,14H2,1-11H3,(H,25,28,30)/t15-,18-,19-,20-,21-/m1/s1. The number of aromatic amines is 1. The van der Waals surface area contributed by atoms with Crippen LogP contribution in [0, 0.1) is 0 Å². The van der Waals surface area contributed by atoms with E-state index in [0.29, 0.717) is 0 Å². The molecule has 36 heavy (non-hydrogen) atoms. The second-order valence-corrected chi connectivity index (χ2v) is 22.1. The molecule has 0 aromatic carbocycles. The van der Waals surface area contributed by atoms with Crippen LogP contribution in [0.3, 0.4) is 0 Å². The van der Waals surface area contributed by atoms with Crippen LogP contribution in [0.2, 0.25) is 36.3 Å². The quantitative estimate of drug-likeness (QED) is 0.377. The summed E-state index contributed by atoms with van der Waals surface area (Å²) in [4.78, 5) is 38.8. The molecule has 5 atom stereocenters. The lowest BCUT2D eigenvalue weighted by Crippen LogP contribution is -2.55. The van der Waals surface area contributed by atoms with Gasteiger partial charge < -0.3 is 23.4 Å². The molecule has 2 rings (SSSR count). The number of carbonyl (C=O) groups is 1. The summed E-state index contributed by atoms with van der Waals surface area (Å²) in [6.45, 7) is 20.9. The number of aliphatic hydroxyl groups excluding tert-OH is 1. The summed E-state index contributed by atoms with van der Waals surface area (Å²) in [6, 6.07) is 1.23. The molecule has 1 fully saturated rings. The van der Waals surface area contributed by atoms with Crippen molar-refractivity contribution in [3.05, 3.63) is 33.1 Å². The average molecular weight is 545 g/mol. The number of aliphatic hydroxyl groups is 1. The van der Waals surface area contributed by atoms with E-state index in [2.05, 4.69) is 72.7 Å².